The van der Waals surface area contributed by atoms with Gasteiger partial charge in [0.25, 0.3) is 5.91 Å². The number of halogens is 2. The van der Waals surface area contributed by atoms with E-state index in [1.54, 1.807) is 4.90 Å². The number of carbonyl (C=O) groups is 1. The van der Waals surface area contributed by atoms with Crippen LogP contribution in [0.1, 0.15) is 23.3 Å². The van der Waals surface area contributed by atoms with Crippen molar-refractivity contribution in [2.45, 2.75) is 12.8 Å². The third kappa shape index (κ3) is 3.10. The Kier molecular flexibility index (Phi) is 4.38. The molecule has 0 spiro atoms. The van der Waals surface area contributed by atoms with E-state index in [4.69, 9.17) is 0 Å². The first kappa shape index (κ1) is 15.6. The minimum Gasteiger partial charge on any atom is -0.396 e. The largest absolute Gasteiger partial charge is 0.396 e. The minimum atomic E-state index is -0.745. The third-order valence-corrected chi connectivity index (χ3v) is 4.04. The van der Waals surface area contributed by atoms with Crippen molar-refractivity contribution in [3.8, 4) is 5.69 Å². The quantitative estimate of drug-likeness (QED) is 0.940. The number of likely N-dealkylation sites (tertiary alicyclic amines) is 1. The molecule has 1 amide bonds. The molecule has 3 rings (SSSR count). The average Bonchev–Trinajstić information content (AvgIpc) is 3.03. The Morgan fingerprint density at radius 2 is 2.04 bits per heavy atom. The van der Waals surface area contributed by atoms with Gasteiger partial charge in [-0.15, -0.1) is 0 Å². The van der Waals surface area contributed by atoms with Gasteiger partial charge < -0.3 is 10.0 Å². The van der Waals surface area contributed by atoms with Crippen LogP contribution in [0.4, 0.5) is 8.78 Å². The van der Waals surface area contributed by atoms with E-state index in [9.17, 15) is 18.7 Å². The Balaban J connectivity index is 1.83. The number of aliphatic hydroxyl groups is 1. The molecule has 1 unspecified atom stereocenters. The second-order valence-corrected chi connectivity index (χ2v) is 5.66. The lowest BCUT2D eigenvalue weighted by Gasteiger charge is -2.31. The fourth-order valence-electron chi connectivity index (χ4n) is 2.83. The maximum Gasteiger partial charge on any atom is 0.274 e. The van der Waals surface area contributed by atoms with Crippen LogP contribution in [0.15, 0.2) is 30.5 Å². The number of amides is 1. The molecular formula is C16H17F2N3O2. The first-order valence-electron chi connectivity index (χ1n) is 7.50. The van der Waals surface area contributed by atoms with Gasteiger partial charge in [-0.25, -0.2) is 13.5 Å². The molecule has 0 bridgehead atoms. The molecule has 5 nitrogen and oxygen atoms in total. The molecule has 0 radical (unpaired) electrons. The Morgan fingerprint density at radius 3 is 2.74 bits per heavy atom. The summed E-state index contributed by atoms with van der Waals surface area (Å²) in [7, 11) is 0. The van der Waals surface area contributed by atoms with Crippen LogP contribution in [0.3, 0.4) is 0 Å². The van der Waals surface area contributed by atoms with Gasteiger partial charge in [0.05, 0.1) is 0 Å². The number of aromatic nitrogens is 2. The van der Waals surface area contributed by atoms with Gasteiger partial charge >= 0.3 is 0 Å². The fraction of sp³-hybridized carbons (Fsp3) is 0.375. The summed E-state index contributed by atoms with van der Waals surface area (Å²) in [4.78, 5) is 14.1. The molecule has 2 heterocycles. The molecule has 1 aliphatic rings. The predicted octanol–water partition coefficient (Wildman–Crippen LogP) is 2.00. The fourth-order valence-corrected chi connectivity index (χ4v) is 2.83. The Labute approximate surface area is 132 Å². The summed E-state index contributed by atoms with van der Waals surface area (Å²) in [5.74, 6) is -1.71. The van der Waals surface area contributed by atoms with Crippen molar-refractivity contribution >= 4 is 5.91 Å². The van der Waals surface area contributed by atoms with Crippen LogP contribution in [0.25, 0.3) is 5.69 Å². The molecule has 122 valence electrons. The summed E-state index contributed by atoms with van der Waals surface area (Å²) in [5, 5.41) is 13.2. The smallest absolute Gasteiger partial charge is 0.274 e. The maximum absolute atomic E-state index is 13.8. The van der Waals surface area contributed by atoms with Gasteiger partial charge in [-0.1, -0.05) is 6.07 Å². The van der Waals surface area contributed by atoms with E-state index < -0.39 is 11.6 Å². The molecule has 2 aromatic rings. The first-order valence-corrected chi connectivity index (χ1v) is 7.50. The second kappa shape index (κ2) is 6.45. The highest BCUT2D eigenvalue weighted by Crippen LogP contribution is 2.20. The zero-order valence-corrected chi connectivity index (χ0v) is 12.5. The van der Waals surface area contributed by atoms with E-state index in [1.165, 1.54) is 18.3 Å². The first-order chi connectivity index (χ1) is 11.1. The summed E-state index contributed by atoms with van der Waals surface area (Å²) in [6.45, 7) is 1.10. The molecule has 1 aromatic carbocycles. The number of piperidine rings is 1. The lowest BCUT2D eigenvalue weighted by Crippen LogP contribution is -2.41. The summed E-state index contributed by atoms with van der Waals surface area (Å²) < 4.78 is 28.6. The highest BCUT2D eigenvalue weighted by Gasteiger charge is 2.25. The van der Waals surface area contributed by atoms with Crippen LogP contribution in [0.2, 0.25) is 0 Å². The van der Waals surface area contributed by atoms with Crippen molar-refractivity contribution in [1.29, 1.82) is 0 Å². The standard InChI is InChI=1S/C16H17F2N3O2/c17-12-4-1-5-13(18)15(12)21-8-6-14(19-21)16(23)20-7-2-3-11(9-20)10-22/h1,4-6,8,11,22H,2-3,7,9-10H2. The highest BCUT2D eigenvalue weighted by molar-refractivity contribution is 5.92. The Morgan fingerprint density at radius 1 is 1.30 bits per heavy atom. The topological polar surface area (TPSA) is 58.4 Å². The highest BCUT2D eigenvalue weighted by atomic mass is 19.1. The van der Waals surface area contributed by atoms with Crippen LogP contribution < -0.4 is 0 Å². The lowest BCUT2D eigenvalue weighted by atomic mass is 9.99. The minimum absolute atomic E-state index is 0.0403. The normalized spacial score (nSPS) is 18.2. The van der Waals surface area contributed by atoms with Crippen LogP contribution in [0, 0.1) is 17.6 Å². The number of hydrogen-bond donors (Lipinski definition) is 1. The van der Waals surface area contributed by atoms with Crippen LogP contribution in [-0.2, 0) is 0 Å². The molecule has 1 saturated heterocycles. The van der Waals surface area contributed by atoms with Crippen molar-refractivity contribution in [3.63, 3.8) is 0 Å². The number of rotatable bonds is 3. The summed E-state index contributed by atoms with van der Waals surface area (Å²) in [5.41, 5.74) is -0.176. The van der Waals surface area contributed by atoms with E-state index in [0.717, 1.165) is 29.7 Å². The molecule has 7 heteroatoms. The Bertz CT molecular complexity index is 697. The molecular weight excluding hydrogens is 304 g/mol. The average molecular weight is 321 g/mol. The summed E-state index contributed by atoms with van der Waals surface area (Å²) in [6, 6.07) is 4.99. The van der Waals surface area contributed by atoms with Gasteiger partial charge in [-0.3, -0.25) is 4.79 Å². The van der Waals surface area contributed by atoms with Crippen molar-refractivity contribution in [1.82, 2.24) is 14.7 Å². The predicted molar refractivity (Wildman–Crippen MR) is 79.2 cm³/mol. The monoisotopic (exact) mass is 321 g/mol. The van der Waals surface area contributed by atoms with Gasteiger partial charge in [0, 0.05) is 25.9 Å². The van der Waals surface area contributed by atoms with E-state index >= 15 is 0 Å². The van der Waals surface area contributed by atoms with Gasteiger partial charge in [0.15, 0.2) is 17.3 Å². The Hall–Kier alpha value is -2.28. The van der Waals surface area contributed by atoms with Gasteiger partial charge in [0.2, 0.25) is 0 Å². The lowest BCUT2D eigenvalue weighted by molar-refractivity contribution is 0.0614. The second-order valence-electron chi connectivity index (χ2n) is 5.66. The van der Waals surface area contributed by atoms with E-state index in [1.807, 2.05) is 0 Å². The molecule has 1 aromatic heterocycles. The maximum atomic E-state index is 13.8. The SMILES string of the molecule is O=C(c1ccn(-c2c(F)cccc2F)n1)N1CCCC(CO)C1. The number of nitrogens with zero attached hydrogens (tertiary/aromatic N) is 3. The molecule has 1 N–H and O–H groups in total. The number of hydrogen-bond acceptors (Lipinski definition) is 3. The zero-order valence-electron chi connectivity index (χ0n) is 12.5. The van der Waals surface area contributed by atoms with Gasteiger partial charge in [0.1, 0.15) is 5.69 Å². The molecule has 23 heavy (non-hydrogen) atoms. The number of carbonyl (C=O) groups excluding carboxylic acids is 1. The van der Waals surface area contributed by atoms with Crippen molar-refractivity contribution in [2.24, 2.45) is 5.92 Å². The summed E-state index contributed by atoms with van der Waals surface area (Å²) in [6.07, 6.45) is 3.07. The molecule has 1 fully saturated rings. The van der Waals surface area contributed by atoms with Gasteiger partial charge in [-0.05, 0) is 37.0 Å². The van der Waals surface area contributed by atoms with Gasteiger partial charge in [-0.2, -0.15) is 5.10 Å². The van der Waals surface area contributed by atoms with E-state index in [2.05, 4.69) is 5.10 Å². The van der Waals surface area contributed by atoms with Crippen LogP contribution >= 0.6 is 0 Å². The number of aliphatic hydroxyl groups excluding tert-OH is 1. The third-order valence-electron chi connectivity index (χ3n) is 4.04. The van der Waals surface area contributed by atoms with E-state index in [-0.39, 0.29) is 29.8 Å². The van der Waals surface area contributed by atoms with Crippen molar-refractivity contribution in [2.75, 3.05) is 19.7 Å². The zero-order chi connectivity index (χ0) is 16.4. The van der Waals surface area contributed by atoms with E-state index in [0.29, 0.717) is 13.1 Å². The van der Waals surface area contributed by atoms with Crippen LogP contribution in [0.5, 0.6) is 0 Å². The molecule has 1 atom stereocenters. The molecule has 0 saturated carbocycles. The van der Waals surface area contributed by atoms with Crippen molar-refractivity contribution in [3.05, 3.63) is 47.8 Å². The van der Waals surface area contributed by atoms with Crippen LogP contribution in [-0.4, -0.2) is 45.4 Å². The number of para-hydroxylation sites is 1. The summed E-state index contributed by atoms with van der Waals surface area (Å²) >= 11 is 0. The number of benzene rings is 1. The molecule has 1 aliphatic heterocycles. The van der Waals surface area contributed by atoms with Crippen molar-refractivity contribution < 1.29 is 18.7 Å². The molecule has 0 aliphatic carbocycles.